The summed E-state index contributed by atoms with van der Waals surface area (Å²) in [6.07, 6.45) is 1.12. The number of aliphatic imine (C=N–C) groups is 1. The van der Waals surface area contributed by atoms with Gasteiger partial charge >= 0.3 is 0 Å². The Bertz CT molecular complexity index is 3050. The smallest absolute Gasteiger partial charge is 0.139 e. The molecule has 2 atom stereocenters. The number of hydrogen-bond donors (Lipinski definition) is 2. The van der Waals surface area contributed by atoms with E-state index in [1.165, 1.54) is 0 Å². The van der Waals surface area contributed by atoms with Gasteiger partial charge in [-0.15, -0.1) is 0 Å². The first-order valence-electron chi connectivity index (χ1n) is 17.5. The number of rotatable bonds is 4. The van der Waals surface area contributed by atoms with E-state index in [4.69, 9.17) is 18.8 Å². The molecular formula is C46H30N4O2. The topological polar surface area (TPSA) is 75.6 Å². The lowest BCUT2D eigenvalue weighted by Gasteiger charge is -2.34. The molecule has 3 aromatic heterocycles. The fourth-order valence-electron chi connectivity index (χ4n) is 8.06. The first-order chi connectivity index (χ1) is 25.8. The average molecular weight is 671 g/mol. The molecule has 6 nitrogen and oxygen atoms in total. The highest BCUT2D eigenvalue weighted by atomic mass is 16.3. The summed E-state index contributed by atoms with van der Waals surface area (Å²) in [6.45, 7) is 0. The second kappa shape index (κ2) is 11.4. The summed E-state index contributed by atoms with van der Waals surface area (Å²) in [7, 11) is 0. The second-order valence-electron chi connectivity index (χ2n) is 13.4. The van der Waals surface area contributed by atoms with Crippen LogP contribution in [0.25, 0.3) is 76.7 Å². The van der Waals surface area contributed by atoms with Gasteiger partial charge in [0.15, 0.2) is 0 Å². The van der Waals surface area contributed by atoms with E-state index in [-0.39, 0.29) is 12.3 Å². The fourth-order valence-corrected chi connectivity index (χ4v) is 8.06. The molecule has 2 unspecified atom stereocenters. The van der Waals surface area contributed by atoms with Gasteiger partial charge < -0.3 is 14.2 Å². The van der Waals surface area contributed by atoms with Crippen molar-refractivity contribution in [2.24, 2.45) is 4.99 Å². The average Bonchev–Trinajstić information content (AvgIpc) is 3.77. The molecule has 0 bridgehead atoms. The van der Waals surface area contributed by atoms with Crippen LogP contribution in [0.3, 0.4) is 0 Å². The van der Waals surface area contributed by atoms with Crippen LogP contribution in [-0.2, 0) is 0 Å². The summed E-state index contributed by atoms with van der Waals surface area (Å²) >= 11 is 0. The SMILES string of the molecule is c1ccc(C2=NC(c3cccc4oc5ccccc5c34)NC(c3c(-c4nccc5oc6cc7ccccc7cc6c45)ccc4ccccc34)N2)cc1. The molecule has 0 amide bonds. The van der Waals surface area contributed by atoms with Crippen LogP contribution in [0.1, 0.15) is 29.0 Å². The van der Waals surface area contributed by atoms with Gasteiger partial charge in [-0.05, 0) is 51.9 Å². The Kier molecular flexibility index (Phi) is 6.35. The van der Waals surface area contributed by atoms with E-state index in [0.29, 0.717) is 0 Å². The lowest BCUT2D eigenvalue weighted by atomic mass is 9.91. The van der Waals surface area contributed by atoms with E-state index >= 15 is 0 Å². The normalized spacial score (nSPS) is 16.3. The van der Waals surface area contributed by atoms with Crippen LogP contribution in [0, 0.1) is 0 Å². The first-order valence-corrected chi connectivity index (χ1v) is 17.5. The highest BCUT2D eigenvalue weighted by Gasteiger charge is 2.31. The highest BCUT2D eigenvalue weighted by Crippen LogP contribution is 2.43. The summed E-state index contributed by atoms with van der Waals surface area (Å²) in [5.74, 6) is 0.810. The largest absolute Gasteiger partial charge is 0.456 e. The van der Waals surface area contributed by atoms with Crippen LogP contribution in [0.5, 0.6) is 0 Å². The molecule has 2 N–H and O–H groups in total. The van der Waals surface area contributed by atoms with Crippen LogP contribution in [0.15, 0.2) is 172 Å². The van der Waals surface area contributed by atoms with E-state index in [9.17, 15) is 0 Å². The Morgan fingerprint density at radius 2 is 1.23 bits per heavy atom. The van der Waals surface area contributed by atoms with Crippen molar-refractivity contribution in [2.45, 2.75) is 12.3 Å². The van der Waals surface area contributed by atoms with E-state index < -0.39 is 0 Å². The van der Waals surface area contributed by atoms with Gasteiger partial charge in [-0.25, -0.2) is 4.99 Å². The predicted molar refractivity (Wildman–Crippen MR) is 210 cm³/mol. The maximum Gasteiger partial charge on any atom is 0.139 e. The van der Waals surface area contributed by atoms with Crippen molar-refractivity contribution in [1.82, 2.24) is 15.6 Å². The summed E-state index contributed by atoms with van der Waals surface area (Å²) < 4.78 is 12.8. The van der Waals surface area contributed by atoms with Crippen molar-refractivity contribution < 1.29 is 8.83 Å². The van der Waals surface area contributed by atoms with E-state index in [1.54, 1.807) is 0 Å². The molecule has 6 heteroatoms. The Morgan fingerprint density at radius 1 is 0.519 bits per heavy atom. The maximum atomic E-state index is 6.51. The summed E-state index contributed by atoms with van der Waals surface area (Å²) in [5.41, 5.74) is 8.40. The third-order valence-electron chi connectivity index (χ3n) is 10.4. The lowest BCUT2D eigenvalue weighted by Crippen LogP contribution is -2.45. The van der Waals surface area contributed by atoms with Crippen molar-refractivity contribution in [2.75, 3.05) is 0 Å². The van der Waals surface area contributed by atoms with Gasteiger partial charge in [0.1, 0.15) is 40.5 Å². The number of fused-ring (bicyclic) bond motifs is 8. The molecule has 11 rings (SSSR count). The molecule has 246 valence electrons. The molecule has 52 heavy (non-hydrogen) atoms. The molecule has 0 fully saturated rings. The molecule has 0 saturated carbocycles. The fraction of sp³-hybridized carbons (Fsp3) is 0.0435. The standard InChI is InChI=1S/C46H30N4O2/c1-2-12-28(13-3-1)44-48-45(34-18-10-20-37-40(34)32-17-8-9-19-36(32)51-37)50-46(49-44)41-31-16-7-6-11-27(31)21-22-33(41)43-42-35-25-29-14-4-5-15-30(29)26-39(35)52-38(42)23-24-47-43/h1-26,45-46,50H,(H,48,49). The van der Waals surface area contributed by atoms with Crippen molar-refractivity contribution in [3.05, 3.63) is 175 Å². The van der Waals surface area contributed by atoms with Crippen LogP contribution in [-0.4, -0.2) is 10.8 Å². The molecule has 0 aliphatic carbocycles. The number of amidine groups is 1. The molecule has 4 heterocycles. The van der Waals surface area contributed by atoms with Crippen LogP contribution in [0.2, 0.25) is 0 Å². The van der Waals surface area contributed by atoms with Crippen LogP contribution in [0.4, 0.5) is 0 Å². The van der Waals surface area contributed by atoms with Gasteiger partial charge in [0, 0.05) is 44.6 Å². The molecule has 1 aliphatic rings. The number of aromatic nitrogens is 1. The lowest BCUT2D eigenvalue weighted by molar-refractivity contribution is 0.413. The Labute approximate surface area is 298 Å². The molecular weight excluding hydrogens is 641 g/mol. The number of nitrogens with one attached hydrogen (secondary N) is 2. The monoisotopic (exact) mass is 670 g/mol. The van der Waals surface area contributed by atoms with Gasteiger partial charge in [-0.2, -0.15) is 0 Å². The number of pyridine rings is 1. The zero-order chi connectivity index (χ0) is 34.2. The van der Waals surface area contributed by atoms with Gasteiger partial charge in [-0.1, -0.05) is 121 Å². The Hall–Kier alpha value is -6.76. The minimum absolute atomic E-state index is 0.344. The van der Waals surface area contributed by atoms with Gasteiger partial charge in [0.2, 0.25) is 0 Å². The number of benzene rings is 7. The van der Waals surface area contributed by atoms with Gasteiger partial charge in [0.25, 0.3) is 0 Å². The van der Waals surface area contributed by atoms with Crippen molar-refractivity contribution in [3.63, 3.8) is 0 Å². The molecule has 7 aromatic carbocycles. The second-order valence-corrected chi connectivity index (χ2v) is 13.4. The predicted octanol–water partition coefficient (Wildman–Crippen LogP) is 11.2. The van der Waals surface area contributed by atoms with Crippen LogP contribution >= 0.6 is 0 Å². The molecule has 0 radical (unpaired) electrons. The minimum atomic E-state index is -0.386. The minimum Gasteiger partial charge on any atom is -0.456 e. The van der Waals surface area contributed by atoms with Crippen molar-refractivity contribution in [1.29, 1.82) is 0 Å². The third kappa shape index (κ3) is 4.48. The third-order valence-corrected chi connectivity index (χ3v) is 10.4. The molecule has 10 aromatic rings. The number of hydrogen-bond acceptors (Lipinski definition) is 6. The quantitative estimate of drug-likeness (QED) is 0.195. The Morgan fingerprint density at radius 3 is 2.12 bits per heavy atom. The van der Waals surface area contributed by atoms with E-state index in [0.717, 1.165) is 99.2 Å². The zero-order valence-corrected chi connectivity index (χ0v) is 27.9. The first kappa shape index (κ1) is 29.0. The summed E-state index contributed by atoms with van der Waals surface area (Å²) in [4.78, 5) is 10.5. The summed E-state index contributed by atoms with van der Waals surface area (Å²) in [5, 5.41) is 16.5. The zero-order valence-electron chi connectivity index (χ0n) is 27.9. The van der Waals surface area contributed by atoms with Gasteiger partial charge in [-0.3, -0.25) is 10.3 Å². The maximum absolute atomic E-state index is 6.51. The number of para-hydroxylation sites is 1. The molecule has 0 spiro atoms. The van der Waals surface area contributed by atoms with Gasteiger partial charge in [0.05, 0.1) is 11.1 Å². The number of nitrogens with zero attached hydrogens (tertiary/aromatic N) is 2. The highest BCUT2D eigenvalue weighted by molar-refractivity contribution is 6.15. The van der Waals surface area contributed by atoms with E-state index in [1.807, 2.05) is 36.5 Å². The van der Waals surface area contributed by atoms with Crippen LogP contribution < -0.4 is 10.6 Å². The summed E-state index contributed by atoms with van der Waals surface area (Å²) in [6, 6.07) is 52.5. The van der Waals surface area contributed by atoms with E-state index in [2.05, 4.69) is 132 Å². The number of furan rings is 2. The molecule has 0 saturated heterocycles. The van der Waals surface area contributed by atoms with Crippen molar-refractivity contribution in [3.8, 4) is 11.3 Å². The van der Waals surface area contributed by atoms with Crippen molar-refractivity contribution >= 4 is 71.3 Å². The molecule has 1 aliphatic heterocycles. The Balaban J connectivity index is 1.16.